The second kappa shape index (κ2) is 2.76. The van der Waals surface area contributed by atoms with Crippen LogP contribution in [-0.4, -0.2) is 0 Å². The number of hydrogen-bond donors (Lipinski definition) is 0. The average molecular weight is 217 g/mol. The summed E-state index contributed by atoms with van der Waals surface area (Å²) in [5.41, 5.74) is 2.67. The zero-order chi connectivity index (χ0) is 10.6. The van der Waals surface area contributed by atoms with Gasteiger partial charge >= 0.3 is 0 Å². The highest BCUT2D eigenvalue weighted by Gasteiger charge is 2.39. The highest BCUT2D eigenvalue weighted by Crippen LogP contribution is 2.52. The molecule has 0 bridgehead atoms. The molecule has 0 N–H and O–H groups in total. The van der Waals surface area contributed by atoms with Crippen LogP contribution >= 0.6 is 11.6 Å². The quantitative estimate of drug-likeness (QED) is 0.573. The average Bonchev–Trinajstić information content (AvgIpc) is 2.43. The van der Waals surface area contributed by atoms with Gasteiger partial charge in [0.15, 0.2) is 0 Å². The number of hydrogen-bond acceptors (Lipinski definition) is 0. The van der Waals surface area contributed by atoms with Crippen LogP contribution in [0.25, 0.3) is 10.8 Å². The van der Waals surface area contributed by atoms with Gasteiger partial charge in [0.25, 0.3) is 0 Å². The fraction of sp³-hybridized carbons (Fsp3) is 0.286. The fourth-order valence-electron chi connectivity index (χ4n) is 2.66. The summed E-state index contributed by atoms with van der Waals surface area (Å²) in [5, 5.41) is 2.67. The van der Waals surface area contributed by atoms with Gasteiger partial charge in [-0.05, 0) is 28.8 Å². The maximum absolute atomic E-state index is 6.65. The SMILES string of the molecule is CC1c2cccc3cccc(c23)C1(C)Cl. The lowest BCUT2D eigenvalue weighted by molar-refractivity contribution is 0.584. The van der Waals surface area contributed by atoms with Crippen molar-refractivity contribution in [3.05, 3.63) is 47.5 Å². The Morgan fingerprint density at radius 3 is 2.53 bits per heavy atom. The molecule has 15 heavy (non-hydrogen) atoms. The lowest BCUT2D eigenvalue weighted by Gasteiger charge is -2.23. The van der Waals surface area contributed by atoms with Gasteiger partial charge < -0.3 is 0 Å². The minimum absolute atomic E-state index is 0.247. The van der Waals surface area contributed by atoms with Gasteiger partial charge in [-0.15, -0.1) is 11.6 Å². The van der Waals surface area contributed by atoms with Crippen molar-refractivity contribution in [2.45, 2.75) is 24.6 Å². The molecule has 0 nitrogen and oxygen atoms in total. The van der Waals surface area contributed by atoms with Crippen molar-refractivity contribution < 1.29 is 0 Å². The predicted molar refractivity (Wildman–Crippen MR) is 65.6 cm³/mol. The van der Waals surface area contributed by atoms with Crippen LogP contribution in [0, 0.1) is 0 Å². The van der Waals surface area contributed by atoms with E-state index in [-0.39, 0.29) is 4.87 Å². The second-order valence-corrected chi connectivity index (χ2v) is 5.33. The molecular weight excluding hydrogens is 204 g/mol. The molecule has 0 saturated heterocycles. The van der Waals surface area contributed by atoms with Gasteiger partial charge in [0.2, 0.25) is 0 Å². The molecule has 1 aliphatic rings. The van der Waals surface area contributed by atoms with Crippen LogP contribution in [0.2, 0.25) is 0 Å². The summed E-state index contributed by atoms with van der Waals surface area (Å²) in [5.74, 6) is 0.389. The zero-order valence-corrected chi connectivity index (χ0v) is 9.68. The summed E-state index contributed by atoms with van der Waals surface area (Å²) in [4.78, 5) is -0.247. The van der Waals surface area contributed by atoms with Crippen LogP contribution in [0.5, 0.6) is 0 Å². The van der Waals surface area contributed by atoms with Crippen LogP contribution in [-0.2, 0) is 4.87 Å². The molecule has 0 aromatic heterocycles. The second-order valence-electron chi connectivity index (χ2n) is 4.55. The molecule has 2 unspecified atom stereocenters. The van der Waals surface area contributed by atoms with E-state index in [1.54, 1.807) is 0 Å². The summed E-state index contributed by atoms with van der Waals surface area (Å²) in [6.07, 6.45) is 0. The van der Waals surface area contributed by atoms with E-state index in [1.165, 1.54) is 21.9 Å². The minimum atomic E-state index is -0.247. The Bertz CT molecular complexity index is 535. The Morgan fingerprint density at radius 2 is 1.80 bits per heavy atom. The van der Waals surface area contributed by atoms with Crippen molar-refractivity contribution in [3.8, 4) is 0 Å². The topological polar surface area (TPSA) is 0 Å². The van der Waals surface area contributed by atoms with Crippen LogP contribution < -0.4 is 0 Å². The van der Waals surface area contributed by atoms with E-state index >= 15 is 0 Å². The largest absolute Gasteiger partial charge is 0.114 e. The third-order valence-electron chi connectivity index (χ3n) is 3.74. The summed E-state index contributed by atoms with van der Waals surface area (Å²) in [7, 11) is 0. The summed E-state index contributed by atoms with van der Waals surface area (Å²) >= 11 is 6.65. The van der Waals surface area contributed by atoms with Gasteiger partial charge in [-0.25, -0.2) is 0 Å². The molecule has 0 spiro atoms. The summed E-state index contributed by atoms with van der Waals surface area (Å²) in [6, 6.07) is 12.9. The van der Waals surface area contributed by atoms with Gasteiger partial charge in [0.05, 0.1) is 4.87 Å². The van der Waals surface area contributed by atoms with E-state index < -0.39 is 0 Å². The molecular formula is C14H13Cl. The van der Waals surface area contributed by atoms with E-state index in [0.717, 1.165) is 0 Å². The van der Waals surface area contributed by atoms with Crippen LogP contribution in [0.15, 0.2) is 36.4 Å². The first-order valence-electron chi connectivity index (χ1n) is 5.33. The monoisotopic (exact) mass is 216 g/mol. The van der Waals surface area contributed by atoms with E-state index in [9.17, 15) is 0 Å². The first-order chi connectivity index (χ1) is 7.12. The Balaban J connectivity index is 2.51. The number of rotatable bonds is 0. The summed E-state index contributed by atoms with van der Waals surface area (Å²) in [6.45, 7) is 4.33. The van der Waals surface area contributed by atoms with E-state index in [0.29, 0.717) is 5.92 Å². The molecule has 3 rings (SSSR count). The van der Waals surface area contributed by atoms with E-state index in [4.69, 9.17) is 11.6 Å². The van der Waals surface area contributed by atoms with Crippen LogP contribution in [0.3, 0.4) is 0 Å². The first-order valence-corrected chi connectivity index (χ1v) is 5.71. The molecule has 0 saturated carbocycles. The maximum Gasteiger partial charge on any atom is 0.0738 e. The third kappa shape index (κ3) is 1.03. The molecule has 76 valence electrons. The van der Waals surface area contributed by atoms with Crippen molar-refractivity contribution in [2.75, 3.05) is 0 Å². The molecule has 0 radical (unpaired) electrons. The lowest BCUT2D eigenvalue weighted by atomic mass is 9.92. The van der Waals surface area contributed by atoms with Gasteiger partial charge in [-0.3, -0.25) is 0 Å². The Labute approximate surface area is 94.9 Å². The van der Waals surface area contributed by atoms with Gasteiger partial charge in [0.1, 0.15) is 0 Å². The van der Waals surface area contributed by atoms with Gasteiger partial charge in [-0.2, -0.15) is 0 Å². The van der Waals surface area contributed by atoms with Crippen molar-refractivity contribution in [1.29, 1.82) is 0 Å². The highest BCUT2D eigenvalue weighted by molar-refractivity contribution is 6.26. The first kappa shape index (κ1) is 9.23. The Hall–Kier alpha value is -1.01. The summed E-state index contributed by atoms with van der Waals surface area (Å²) < 4.78 is 0. The molecule has 0 aliphatic heterocycles. The van der Waals surface area contributed by atoms with Crippen molar-refractivity contribution in [1.82, 2.24) is 0 Å². The highest BCUT2D eigenvalue weighted by atomic mass is 35.5. The van der Waals surface area contributed by atoms with Crippen LogP contribution in [0.4, 0.5) is 0 Å². The predicted octanol–water partition coefficient (Wildman–Crippen LogP) is 4.41. The van der Waals surface area contributed by atoms with Crippen LogP contribution in [0.1, 0.15) is 30.9 Å². The van der Waals surface area contributed by atoms with Crippen molar-refractivity contribution >= 4 is 22.4 Å². The standard InChI is InChI=1S/C14H13Cl/c1-9-11-7-3-5-10-6-4-8-12(13(10)11)14(9,2)15/h3-9H,1-2H3. The molecule has 0 amide bonds. The Kier molecular flexibility index (Phi) is 1.70. The van der Waals surface area contributed by atoms with E-state index in [2.05, 4.69) is 50.2 Å². The fourth-order valence-corrected chi connectivity index (χ4v) is 2.94. The van der Waals surface area contributed by atoms with Gasteiger partial charge in [0, 0.05) is 5.92 Å². The molecule has 1 aliphatic carbocycles. The maximum atomic E-state index is 6.65. The Morgan fingerprint density at radius 1 is 1.13 bits per heavy atom. The molecule has 0 fully saturated rings. The number of benzene rings is 2. The van der Waals surface area contributed by atoms with E-state index in [1.807, 2.05) is 0 Å². The molecule has 2 aromatic rings. The zero-order valence-electron chi connectivity index (χ0n) is 8.92. The number of halogens is 1. The smallest absolute Gasteiger partial charge is 0.0738 e. The number of alkyl halides is 1. The molecule has 0 heterocycles. The lowest BCUT2D eigenvalue weighted by Crippen LogP contribution is -2.15. The van der Waals surface area contributed by atoms with Gasteiger partial charge in [-0.1, -0.05) is 43.3 Å². The third-order valence-corrected chi connectivity index (χ3v) is 4.27. The minimum Gasteiger partial charge on any atom is -0.114 e. The molecule has 2 aromatic carbocycles. The van der Waals surface area contributed by atoms with Crippen molar-refractivity contribution in [2.24, 2.45) is 0 Å². The van der Waals surface area contributed by atoms with Crippen molar-refractivity contribution in [3.63, 3.8) is 0 Å². The molecule has 2 atom stereocenters. The molecule has 1 heteroatoms. The normalized spacial score (nSPS) is 28.6.